The average molecular weight is 612 g/mol. The summed E-state index contributed by atoms with van der Waals surface area (Å²) in [6.45, 7) is 1.02. The van der Waals surface area contributed by atoms with Gasteiger partial charge in [-0.25, -0.2) is 8.42 Å². The highest BCUT2D eigenvalue weighted by atomic mass is 35.5. The van der Waals surface area contributed by atoms with E-state index in [1.54, 1.807) is 30.3 Å². The third-order valence-corrected chi connectivity index (χ3v) is 10.1. The summed E-state index contributed by atoms with van der Waals surface area (Å²) in [5, 5.41) is 3.77. The molecule has 226 valence electrons. The molecule has 0 radical (unpaired) electrons. The molecule has 42 heavy (non-hydrogen) atoms. The zero-order valence-corrected chi connectivity index (χ0v) is 26.1. The van der Waals surface area contributed by atoms with Crippen LogP contribution in [-0.4, -0.2) is 63.9 Å². The van der Waals surface area contributed by atoms with Crippen molar-refractivity contribution in [1.29, 1.82) is 0 Å². The van der Waals surface area contributed by atoms with Gasteiger partial charge in [0.15, 0.2) is 0 Å². The van der Waals surface area contributed by atoms with Crippen molar-refractivity contribution in [2.45, 2.75) is 43.2 Å². The molecule has 0 heterocycles. The number of nitrogens with zero attached hydrogens (tertiary/aromatic N) is 2. The molecule has 1 aliphatic rings. The molecule has 7 nitrogen and oxygen atoms in total. The fourth-order valence-electron chi connectivity index (χ4n) is 5.81. The van der Waals surface area contributed by atoms with Crippen LogP contribution < -0.4 is 5.32 Å². The van der Waals surface area contributed by atoms with E-state index in [9.17, 15) is 13.2 Å². The zero-order chi connectivity index (χ0) is 30.0. The molecule has 1 saturated carbocycles. The van der Waals surface area contributed by atoms with Crippen LogP contribution in [0.25, 0.3) is 0 Å². The molecule has 9 heteroatoms. The van der Waals surface area contributed by atoms with Crippen molar-refractivity contribution in [2.75, 3.05) is 40.4 Å². The van der Waals surface area contributed by atoms with Crippen LogP contribution >= 0.6 is 11.6 Å². The van der Waals surface area contributed by atoms with Gasteiger partial charge in [0, 0.05) is 30.7 Å². The van der Waals surface area contributed by atoms with Crippen LogP contribution in [0.1, 0.15) is 42.9 Å². The number of carbonyl (C=O) groups is 1. The molecule has 0 saturated heterocycles. The number of hydrogen-bond acceptors (Lipinski definition) is 5. The minimum absolute atomic E-state index is 0.0980. The topological polar surface area (TPSA) is 79.0 Å². The summed E-state index contributed by atoms with van der Waals surface area (Å²) in [4.78, 5) is 15.1. The van der Waals surface area contributed by atoms with Crippen molar-refractivity contribution in [1.82, 2.24) is 14.5 Å². The third-order valence-electron chi connectivity index (χ3n) is 7.99. The lowest BCUT2D eigenvalue weighted by molar-refractivity contribution is -0.126. The van der Waals surface area contributed by atoms with Gasteiger partial charge in [0.25, 0.3) is 0 Å². The molecule has 3 aromatic carbocycles. The van der Waals surface area contributed by atoms with Crippen LogP contribution in [-0.2, 0) is 26.1 Å². The van der Waals surface area contributed by atoms with Crippen molar-refractivity contribution >= 4 is 27.5 Å². The highest BCUT2D eigenvalue weighted by Gasteiger charge is 2.30. The molecule has 1 amide bonds. The average Bonchev–Trinajstić information content (AvgIpc) is 3.00. The number of amides is 1. The molecule has 1 N–H and O–H groups in total. The van der Waals surface area contributed by atoms with E-state index >= 15 is 0 Å². The predicted molar refractivity (Wildman–Crippen MR) is 168 cm³/mol. The number of hydrogen-bond donors (Lipinski definition) is 1. The SMILES string of the molecule is CN(C)C(c1ccc(Cl)cc1)C1CCC(CNC(=O)COCCN(Cc2ccccc2)S(=O)(=O)c2ccccc2)CC1. The van der Waals surface area contributed by atoms with Crippen LogP contribution in [0.4, 0.5) is 0 Å². The Morgan fingerprint density at radius 3 is 2.17 bits per heavy atom. The minimum atomic E-state index is -3.72. The van der Waals surface area contributed by atoms with Crippen LogP contribution in [0.2, 0.25) is 5.02 Å². The lowest BCUT2D eigenvalue weighted by Gasteiger charge is -2.37. The number of carbonyl (C=O) groups excluding carboxylic acids is 1. The van der Waals surface area contributed by atoms with Gasteiger partial charge in [-0.05, 0) is 87.0 Å². The number of benzene rings is 3. The Bertz CT molecular complexity index is 1350. The first-order chi connectivity index (χ1) is 20.2. The molecule has 0 aromatic heterocycles. The molecule has 1 unspecified atom stereocenters. The monoisotopic (exact) mass is 611 g/mol. The maximum Gasteiger partial charge on any atom is 0.246 e. The standard InChI is InChI=1S/C33H42ClN3O4S/c1-36(2)33(29-17-19-30(34)20-18-29)28-15-13-26(14-16-28)23-35-32(38)25-41-22-21-37(24-27-9-5-3-6-10-27)42(39,40)31-11-7-4-8-12-31/h3-12,17-20,26,28,33H,13-16,21-25H2,1-2H3,(H,35,38). The van der Waals surface area contributed by atoms with Gasteiger partial charge in [-0.15, -0.1) is 0 Å². The molecule has 0 bridgehead atoms. The summed E-state index contributed by atoms with van der Waals surface area (Å²) >= 11 is 6.10. The van der Waals surface area contributed by atoms with Crippen LogP contribution in [0.5, 0.6) is 0 Å². The Labute approximate surface area is 255 Å². The van der Waals surface area contributed by atoms with Gasteiger partial charge in [-0.2, -0.15) is 4.31 Å². The predicted octanol–water partition coefficient (Wildman–Crippen LogP) is 5.77. The van der Waals surface area contributed by atoms with Gasteiger partial charge in [0.1, 0.15) is 6.61 Å². The summed E-state index contributed by atoms with van der Waals surface area (Å²) in [7, 11) is 0.540. The molecule has 0 spiro atoms. The van der Waals surface area contributed by atoms with E-state index in [0.29, 0.717) is 24.4 Å². The summed E-state index contributed by atoms with van der Waals surface area (Å²) in [6.07, 6.45) is 4.34. The van der Waals surface area contributed by atoms with E-state index in [-0.39, 0.29) is 37.1 Å². The Morgan fingerprint density at radius 2 is 1.55 bits per heavy atom. The molecular formula is C33H42ClN3O4S. The fraction of sp³-hybridized carbons (Fsp3) is 0.424. The van der Waals surface area contributed by atoms with Gasteiger partial charge in [-0.1, -0.05) is 72.3 Å². The lowest BCUT2D eigenvalue weighted by atomic mass is 9.76. The van der Waals surface area contributed by atoms with Gasteiger partial charge >= 0.3 is 0 Å². The summed E-state index contributed by atoms with van der Waals surface area (Å²) in [5.41, 5.74) is 2.17. The molecule has 1 aliphatic carbocycles. The zero-order valence-electron chi connectivity index (χ0n) is 24.5. The molecule has 1 fully saturated rings. The van der Waals surface area contributed by atoms with E-state index in [1.807, 2.05) is 42.5 Å². The first kappa shape index (κ1) is 32.2. The summed E-state index contributed by atoms with van der Waals surface area (Å²) in [6, 6.07) is 26.4. The van der Waals surface area contributed by atoms with E-state index < -0.39 is 10.0 Å². The fourth-order valence-corrected chi connectivity index (χ4v) is 7.37. The van der Waals surface area contributed by atoms with Crippen molar-refractivity contribution in [2.24, 2.45) is 11.8 Å². The van der Waals surface area contributed by atoms with Crippen molar-refractivity contribution in [3.8, 4) is 0 Å². The van der Waals surface area contributed by atoms with Gasteiger partial charge in [-0.3, -0.25) is 4.79 Å². The number of ether oxygens (including phenoxy) is 1. The Kier molecular flexibility index (Phi) is 12.0. The number of nitrogens with one attached hydrogen (secondary N) is 1. The molecular weight excluding hydrogens is 570 g/mol. The normalized spacial score (nSPS) is 18.2. The lowest BCUT2D eigenvalue weighted by Crippen LogP contribution is -2.37. The molecule has 1 atom stereocenters. The summed E-state index contributed by atoms with van der Waals surface area (Å²) < 4.78 is 33.7. The maximum absolute atomic E-state index is 13.3. The van der Waals surface area contributed by atoms with Crippen LogP contribution in [0.3, 0.4) is 0 Å². The van der Waals surface area contributed by atoms with E-state index in [1.165, 1.54) is 9.87 Å². The smallest absolute Gasteiger partial charge is 0.246 e. The quantitative estimate of drug-likeness (QED) is 0.234. The van der Waals surface area contributed by atoms with Crippen molar-refractivity contribution in [3.63, 3.8) is 0 Å². The second kappa shape index (κ2) is 15.6. The number of sulfonamides is 1. The van der Waals surface area contributed by atoms with E-state index in [4.69, 9.17) is 16.3 Å². The second-order valence-corrected chi connectivity index (χ2v) is 13.6. The highest BCUT2D eigenvalue weighted by Crippen LogP contribution is 2.39. The summed E-state index contributed by atoms with van der Waals surface area (Å²) in [5.74, 6) is 0.822. The minimum Gasteiger partial charge on any atom is -0.370 e. The first-order valence-electron chi connectivity index (χ1n) is 14.6. The van der Waals surface area contributed by atoms with Crippen molar-refractivity contribution in [3.05, 3.63) is 101 Å². The Morgan fingerprint density at radius 1 is 0.929 bits per heavy atom. The van der Waals surface area contributed by atoms with Gasteiger partial charge < -0.3 is 15.0 Å². The van der Waals surface area contributed by atoms with E-state index in [2.05, 4.69) is 36.4 Å². The van der Waals surface area contributed by atoms with Gasteiger partial charge in [0.2, 0.25) is 15.9 Å². The second-order valence-electron chi connectivity index (χ2n) is 11.2. The number of rotatable bonds is 14. The van der Waals surface area contributed by atoms with Crippen molar-refractivity contribution < 1.29 is 17.9 Å². The maximum atomic E-state index is 13.3. The largest absolute Gasteiger partial charge is 0.370 e. The van der Waals surface area contributed by atoms with Crippen LogP contribution in [0.15, 0.2) is 89.8 Å². The number of halogens is 1. The highest BCUT2D eigenvalue weighted by molar-refractivity contribution is 7.89. The van der Waals surface area contributed by atoms with E-state index in [0.717, 1.165) is 36.3 Å². The third kappa shape index (κ3) is 9.12. The van der Waals surface area contributed by atoms with Gasteiger partial charge in [0.05, 0.1) is 11.5 Å². The first-order valence-corrected chi connectivity index (χ1v) is 16.4. The Balaban J connectivity index is 1.21. The van der Waals surface area contributed by atoms with Crippen LogP contribution in [0, 0.1) is 11.8 Å². The molecule has 3 aromatic rings. The Hall–Kier alpha value is -2.75. The molecule has 4 rings (SSSR count). The molecule has 0 aliphatic heterocycles.